The standard InChI is InChI=1S/C44H28O/c1-3-13-29(14-4-1)31-23-25-32(26-24-31)42-34-17-7-9-19-36(34)43(37-20-10-8-18-35(37)42)39-27-33(30-15-5-2-6-16-30)28-41-44(39)38-21-11-12-22-40(38)45-41/h1-28H/i1D,2D,5D,6D,15D,16D,23D,24D,25D,26D. The molecule has 1 heterocycles. The molecule has 9 rings (SSSR count). The van der Waals surface area contributed by atoms with Crippen LogP contribution in [0.15, 0.2) is 174 Å². The highest BCUT2D eigenvalue weighted by Crippen LogP contribution is 2.48. The largest absolute Gasteiger partial charge is 0.456 e. The van der Waals surface area contributed by atoms with Crippen LogP contribution < -0.4 is 0 Å². The molecule has 0 radical (unpaired) electrons. The average Bonchev–Trinajstić information content (AvgIpc) is 3.58. The summed E-state index contributed by atoms with van der Waals surface area (Å²) in [6.45, 7) is 0. The smallest absolute Gasteiger partial charge is 0.136 e. The maximum atomic E-state index is 9.34. The zero-order valence-corrected chi connectivity index (χ0v) is 23.8. The van der Waals surface area contributed by atoms with Crippen molar-refractivity contribution in [3.8, 4) is 44.5 Å². The van der Waals surface area contributed by atoms with Gasteiger partial charge in [-0.05, 0) is 84.3 Å². The molecular weight excluding hydrogens is 544 g/mol. The fourth-order valence-electron chi connectivity index (χ4n) is 6.41. The highest BCUT2D eigenvalue weighted by molar-refractivity contribution is 6.26. The lowest BCUT2D eigenvalue weighted by atomic mass is 9.84. The first-order chi connectivity index (χ1) is 26.5. The van der Waals surface area contributed by atoms with Gasteiger partial charge in [-0.1, -0.05) is 151 Å². The van der Waals surface area contributed by atoms with Crippen molar-refractivity contribution in [2.45, 2.75) is 0 Å². The van der Waals surface area contributed by atoms with Crippen LogP contribution in [0.2, 0.25) is 0 Å². The Hall–Kier alpha value is -5.92. The zero-order valence-electron chi connectivity index (χ0n) is 33.8. The minimum Gasteiger partial charge on any atom is -0.456 e. The van der Waals surface area contributed by atoms with Crippen molar-refractivity contribution in [2.24, 2.45) is 0 Å². The number of benzene rings is 8. The van der Waals surface area contributed by atoms with E-state index >= 15 is 0 Å². The van der Waals surface area contributed by atoms with Gasteiger partial charge in [0.15, 0.2) is 0 Å². The third kappa shape index (κ3) is 4.17. The predicted octanol–water partition coefficient (Wildman–Crippen LogP) is 12.6. The topological polar surface area (TPSA) is 13.1 Å². The van der Waals surface area contributed by atoms with Crippen LogP contribution >= 0.6 is 0 Å². The van der Waals surface area contributed by atoms with Crippen LogP contribution in [-0.4, -0.2) is 0 Å². The van der Waals surface area contributed by atoms with E-state index in [1.807, 2.05) is 78.9 Å². The van der Waals surface area contributed by atoms with Gasteiger partial charge in [0.1, 0.15) is 11.2 Å². The van der Waals surface area contributed by atoms with E-state index in [9.17, 15) is 2.74 Å². The summed E-state index contributed by atoms with van der Waals surface area (Å²) in [7, 11) is 0. The van der Waals surface area contributed by atoms with Gasteiger partial charge in [-0.25, -0.2) is 0 Å². The van der Waals surface area contributed by atoms with Crippen molar-refractivity contribution in [3.05, 3.63) is 170 Å². The Morgan fingerprint density at radius 2 is 0.933 bits per heavy atom. The summed E-state index contributed by atoms with van der Waals surface area (Å²) >= 11 is 0. The van der Waals surface area contributed by atoms with Crippen LogP contribution in [0.3, 0.4) is 0 Å². The molecule has 0 bridgehead atoms. The van der Waals surface area contributed by atoms with Crippen molar-refractivity contribution >= 4 is 43.5 Å². The van der Waals surface area contributed by atoms with Gasteiger partial charge in [-0.3, -0.25) is 0 Å². The van der Waals surface area contributed by atoms with Crippen LogP contribution in [0, 0.1) is 0 Å². The van der Waals surface area contributed by atoms with Gasteiger partial charge in [0.25, 0.3) is 0 Å². The minimum atomic E-state index is -0.482. The van der Waals surface area contributed by atoms with Crippen molar-refractivity contribution in [2.75, 3.05) is 0 Å². The molecule has 1 heteroatoms. The number of rotatable bonds is 4. The number of furan rings is 1. The molecule has 0 N–H and O–H groups in total. The zero-order chi connectivity index (χ0) is 38.4. The van der Waals surface area contributed by atoms with Crippen molar-refractivity contribution < 1.29 is 18.1 Å². The van der Waals surface area contributed by atoms with Gasteiger partial charge in [-0.2, -0.15) is 0 Å². The Kier molecular flexibility index (Phi) is 4.01. The SMILES string of the molecule is [2H]c1ccc(-c2c([2H])c([2H])c(-c3c4ccccc4c(-c4cc(-c5c([2H])c([2H])c([2H])c([2H])c5[2H])cc5oc6ccccc6c45)c4ccccc34)c([2H])c2[2H])cc1. The molecule has 9 aromatic rings. The van der Waals surface area contributed by atoms with Crippen LogP contribution in [0.1, 0.15) is 13.7 Å². The van der Waals surface area contributed by atoms with Crippen LogP contribution in [0.5, 0.6) is 0 Å². The minimum absolute atomic E-state index is 0.0425. The fourth-order valence-corrected chi connectivity index (χ4v) is 6.41. The van der Waals surface area contributed by atoms with E-state index in [0.717, 1.165) is 27.1 Å². The Morgan fingerprint density at radius 1 is 0.378 bits per heavy atom. The van der Waals surface area contributed by atoms with E-state index in [0.29, 0.717) is 44.2 Å². The summed E-state index contributed by atoms with van der Waals surface area (Å²) in [5.41, 5.74) is 4.29. The van der Waals surface area contributed by atoms with Gasteiger partial charge in [0, 0.05) is 10.8 Å². The van der Waals surface area contributed by atoms with E-state index in [1.165, 1.54) is 0 Å². The molecule has 0 aliphatic carbocycles. The van der Waals surface area contributed by atoms with Crippen LogP contribution in [0.4, 0.5) is 0 Å². The summed E-state index contributed by atoms with van der Waals surface area (Å²) < 4.78 is 93.9. The molecule has 0 amide bonds. The Labute approximate surface area is 275 Å². The number of hydrogen-bond donors (Lipinski definition) is 0. The first-order valence-electron chi connectivity index (χ1n) is 19.6. The monoisotopic (exact) mass is 582 g/mol. The molecule has 0 saturated heterocycles. The first kappa shape index (κ1) is 17.4. The molecule has 8 aromatic carbocycles. The lowest BCUT2D eigenvalue weighted by Gasteiger charge is -2.19. The van der Waals surface area contributed by atoms with Gasteiger partial charge in [0.05, 0.1) is 13.7 Å². The van der Waals surface area contributed by atoms with E-state index in [2.05, 4.69) is 0 Å². The number of para-hydroxylation sites is 1. The van der Waals surface area contributed by atoms with Crippen LogP contribution in [0.25, 0.3) is 88.0 Å². The molecule has 1 aromatic heterocycles. The summed E-state index contributed by atoms with van der Waals surface area (Å²) in [6.07, 6.45) is 0. The second-order valence-electron chi connectivity index (χ2n) is 10.9. The summed E-state index contributed by atoms with van der Waals surface area (Å²) in [4.78, 5) is 0. The number of hydrogen-bond acceptors (Lipinski definition) is 1. The number of fused-ring (bicyclic) bond motifs is 5. The highest BCUT2D eigenvalue weighted by atomic mass is 16.3. The average molecular weight is 583 g/mol. The lowest BCUT2D eigenvalue weighted by molar-refractivity contribution is 0.669. The van der Waals surface area contributed by atoms with E-state index in [4.69, 9.17) is 15.4 Å². The molecule has 0 aliphatic heterocycles. The lowest BCUT2D eigenvalue weighted by Crippen LogP contribution is -1.92. The van der Waals surface area contributed by atoms with Crippen LogP contribution in [-0.2, 0) is 0 Å². The fraction of sp³-hybridized carbons (Fsp3) is 0. The Balaban J connectivity index is 1.43. The van der Waals surface area contributed by atoms with E-state index in [1.54, 1.807) is 30.3 Å². The summed E-state index contributed by atoms with van der Waals surface area (Å²) in [6, 6.07) is 30.2. The van der Waals surface area contributed by atoms with Gasteiger partial charge in [-0.15, -0.1) is 0 Å². The van der Waals surface area contributed by atoms with Gasteiger partial charge < -0.3 is 4.42 Å². The maximum Gasteiger partial charge on any atom is 0.136 e. The van der Waals surface area contributed by atoms with Gasteiger partial charge in [0.2, 0.25) is 0 Å². The summed E-state index contributed by atoms with van der Waals surface area (Å²) in [5.74, 6) is 0. The second kappa shape index (κ2) is 10.4. The van der Waals surface area contributed by atoms with Crippen molar-refractivity contribution in [1.29, 1.82) is 0 Å². The Bertz CT molecular complexity index is 2980. The third-order valence-electron chi connectivity index (χ3n) is 8.35. The molecule has 0 fully saturated rings. The second-order valence-corrected chi connectivity index (χ2v) is 10.9. The molecule has 0 saturated carbocycles. The molecule has 0 atom stereocenters. The molecule has 0 unspecified atom stereocenters. The maximum absolute atomic E-state index is 9.34. The highest BCUT2D eigenvalue weighted by Gasteiger charge is 2.21. The molecule has 1 nitrogen and oxygen atoms in total. The third-order valence-corrected chi connectivity index (χ3v) is 8.35. The molecule has 0 spiro atoms. The molecule has 0 aliphatic rings. The normalized spacial score (nSPS) is 14.7. The predicted molar refractivity (Wildman–Crippen MR) is 190 cm³/mol. The molecular formula is C44H28O. The van der Waals surface area contributed by atoms with Crippen molar-refractivity contribution in [3.63, 3.8) is 0 Å². The summed E-state index contributed by atoms with van der Waals surface area (Å²) in [5, 5.41) is 4.43. The van der Waals surface area contributed by atoms with Crippen molar-refractivity contribution in [1.82, 2.24) is 0 Å². The van der Waals surface area contributed by atoms with Gasteiger partial charge >= 0.3 is 0 Å². The first-order valence-corrected chi connectivity index (χ1v) is 14.6. The molecule has 210 valence electrons. The molecule has 45 heavy (non-hydrogen) atoms. The van der Waals surface area contributed by atoms with E-state index < -0.39 is 18.1 Å². The Morgan fingerprint density at radius 3 is 1.60 bits per heavy atom. The quantitative estimate of drug-likeness (QED) is 0.188. The van der Waals surface area contributed by atoms with E-state index in [-0.39, 0.29) is 59.0 Å².